The number of aromatic nitrogens is 3. The van der Waals surface area contributed by atoms with Crippen molar-refractivity contribution >= 4 is 28.9 Å². The molecule has 126 valence electrons. The van der Waals surface area contributed by atoms with Gasteiger partial charge in [-0.3, -0.25) is 14.2 Å². The van der Waals surface area contributed by atoms with E-state index in [1.807, 2.05) is 0 Å². The molecule has 0 spiro atoms. The zero-order chi connectivity index (χ0) is 17.0. The van der Waals surface area contributed by atoms with Gasteiger partial charge in [0.2, 0.25) is 0 Å². The fourth-order valence-electron chi connectivity index (χ4n) is 4.11. The summed E-state index contributed by atoms with van der Waals surface area (Å²) in [6.45, 7) is 0. The average Bonchev–Trinajstić information content (AvgIpc) is 2.80. The SMILES string of the molecule is O=C(O)N1[C@@H]2CC[C@H]1C[C@H](n1c(=O)c(=O)[nH]c3cc(Cl)cnc31)C2. The van der Waals surface area contributed by atoms with E-state index in [1.54, 1.807) is 6.07 Å². The maximum atomic E-state index is 12.4. The van der Waals surface area contributed by atoms with Crippen molar-refractivity contribution < 1.29 is 9.90 Å². The Morgan fingerprint density at radius 2 is 1.92 bits per heavy atom. The van der Waals surface area contributed by atoms with Crippen LogP contribution in [-0.4, -0.2) is 42.7 Å². The van der Waals surface area contributed by atoms with Gasteiger partial charge in [0.1, 0.15) is 0 Å². The van der Waals surface area contributed by atoms with Crippen molar-refractivity contribution in [2.75, 3.05) is 0 Å². The first kappa shape index (κ1) is 15.2. The predicted molar refractivity (Wildman–Crippen MR) is 86.6 cm³/mol. The molecule has 2 fully saturated rings. The minimum atomic E-state index is -0.922. The lowest BCUT2D eigenvalue weighted by atomic mass is 9.97. The van der Waals surface area contributed by atoms with Crippen molar-refractivity contribution in [3.05, 3.63) is 38.0 Å². The molecule has 2 aliphatic rings. The van der Waals surface area contributed by atoms with E-state index in [0.717, 1.165) is 12.8 Å². The third kappa shape index (κ3) is 2.21. The molecule has 2 saturated heterocycles. The number of halogens is 1. The Hall–Kier alpha value is -2.35. The zero-order valence-corrected chi connectivity index (χ0v) is 13.4. The number of hydrogen-bond acceptors (Lipinski definition) is 4. The molecule has 0 unspecified atom stereocenters. The maximum Gasteiger partial charge on any atom is 0.407 e. The molecule has 0 aliphatic carbocycles. The number of nitrogens with one attached hydrogen (secondary N) is 1. The molecule has 3 atom stereocenters. The molecule has 2 N–H and O–H groups in total. The second kappa shape index (κ2) is 5.34. The number of nitrogens with zero attached hydrogens (tertiary/aromatic N) is 3. The van der Waals surface area contributed by atoms with Gasteiger partial charge in [-0.15, -0.1) is 0 Å². The molecule has 2 bridgehead atoms. The number of pyridine rings is 1. The van der Waals surface area contributed by atoms with E-state index < -0.39 is 17.2 Å². The van der Waals surface area contributed by atoms with Crippen LogP contribution in [0, 0.1) is 0 Å². The maximum absolute atomic E-state index is 12.4. The first-order chi connectivity index (χ1) is 11.5. The van der Waals surface area contributed by atoms with E-state index >= 15 is 0 Å². The van der Waals surface area contributed by atoms with Gasteiger partial charge in [-0.2, -0.15) is 0 Å². The molecule has 2 aliphatic heterocycles. The van der Waals surface area contributed by atoms with Crippen LogP contribution < -0.4 is 11.1 Å². The Balaban J connectivity index is 1.83. The minimum Gasteiger partial charge on any atom is -0.465 e. The van der Waals surface area contributed by atoms with Crippen LogP contribution in [0.3, 0.4) is 0 Å². The van der Waals surface area contributed by atoms with Crippen molar-refractivity contribution in [3.8, 4) is 0 Å². The third-order valence-electron chi connectivity index (χ3n) is 5.02. The molecule has 0 saturated carbocycles. The second-order valence-electron chi connectivity index (χ2n) is 6.35. The van der Waals surface area contributed by atoms with Crippen LogP contribution in [0.2, 0.25) is 5.02 Å². The average molecular weight is 351 g/mol. The van der Waals surface area contributed by atoms with Gasteiger partial charge in [0, 0.05) is 24.3 Å². The standard InChI is InChI=1S/C15H15ClN4O4/c16-7-3-11-12(17-6-7)20(14(22)13(21)18-11)10-4-8-1-2-9(5-10)19(8)15(23)24/h3,6,8-10H,1-2,4-5H2,(H,18,21)(H,23,24)/t8-,9+,10-. The molecule has 24 heavy (non-hydrogen) atoms. The van der Waals surface area contributed by atoms with Gasteiger partial charge in [-0.05, 0) is 31.7 Å². The number of aromatic amines is 1. The van der Waals surface area contributed by atoms with Crippen LogP contribution in [0.5, 0.6) is 0 Å². The van der Waals surface area contributed by atoms with Crippen molar-refractivity contribution in [3.63, 3.8) is 0 Å². The zero-order valence-electron chi connectivity index (χ0n) is 12.6. The fourth-order valence-corrected chi connectivity index (χ4v) is 4.27. The van der Waals surface area contributed by atoms with Crippen molar-refractivity contribution in [2.24, 2.45) is 0 Å². The number of piperidine rings is 1. The number of hydrogen-bond donors (Lipinski definition) is 2. The Morgan fingerprint density at radius 1 is 1.25 bits per heavy atom. The Morgan fingerprint density at radius 3 is 2.54 bits per heavy atom. The molecule has 0 aromatic carbocycles. The van der Waals surface area contributed by atoms with E-state index in [4.69, 9.17) is 11.6 Å². The Labute approximate surface area is 140 Å². The molecule has 4 rings (SSSR count). The molecule has 1 amide bonds. The second-order valence-corrected chi connectivity index (χ2v) is 6.79. The number of rotatable bonds is 1. The van der Waals surface area contributed by atoms with E-state index in [9.17, 15) is 19.5 Å². The summed E-state index contributed by atoms with van der Waals surface area (Å²) in [6, 6.07) is 1.06. The topological polar surface area (TPSA) is 108 Å². The van der Waals surface area contributed by atoms with E-state index in [1.165, 1.54) is 15.7 Å². The predicted octanol–water partition coefficient (Wildman–Crippen LogP) is 1.58. The van der Waals surface area contributed by atoms with Gasteiger partial charge < -0.3 is 15.0 Å². The van der Waals surface area contributed by atoms with Gasteiger partial charge in [-0.1, -0.05) is 11.6 Å². The lowest BCUT2D eigenvalue weighted by Gasteiger charge is -2.37. The summed E-state index contributed by atoms with van der Waals surface area (Å²) in [7, 11) is 0. The summed E-state index contributed by atoms with van der Waals surface area (Å²) < 4.78 is 1.41. The number of H-pyrrole nitrogens is 1. The van der Waals surface area contributed by atoms with Crippen LogP contribution in [0.15, 0.2) is 21.9 Å². The van der Waals surface area contributed by atoms with Crippen LogP contribution in [0.25, 0.3) is 11.2 Å². The third-order valence-corrected chi connectivity index (χ3v) is 5.22. The summed E-state index contributed by atoms with van der Waals surface area (Å²) in [6.07, 6.45) is 3.08. The largest absolute Gasteiger partial charge is 0.465 e. The first-order valence-electron chi connectivity index (χ1n) is 7.77. The quantitative estimate of drug-likeness (QED) is 0.759. The van der Waals surface area contributed by atoms with Gasteiger partial charge in [0.25, 0.3) is 0 Å². The van der Waals surface area contributed by atoms with Crippen molar-refractivity contribution in [2.45, 2.75) is 43.8 Å². The normalized spacial score (nSPS) is 26.0. The number of carbonyl (C=O) groups is 1. The summed E-state index contributed by atoms with van der Waals surface area (Å²) in [4.78, 5) is 44.0. The van der Waals surface area contributed by atoms with E-state index in [-0.39, 0.29) is 18.1 Å². The smallest absolute Gasteiger partial charge is 0.407 e. The van der Waals surface area contributed by atoms with Crippen LogP contribution in [-0.2, 0) is 0 Å². The highest BCUT2D eigenvalue weighted by atomic mass is 35.5. The summed E-state index contributed by atoms with van der Waals surface area (Å²) in [5, 5.41) is 9.72. The van der Waals surface area contributed by atoms with Crippen LogP contribution in [0.4, 0.5) is 4.79 Å². The molecule has 2 aromatic rings. The lowest BCUT2D eigenvalue weighted by molar-refractivity contribution is 0.0869. The van der Waals surface area contributed by atoms with Gasteiger partial charge in [0.05, 0.1) is 10.5 Å². The van der Waals surface area contributed by atoms with E-state index in [0.29, 0.717) is 29.0 Å². The number of amides is 1. The Kier molecular flexibility index (Phi) is 3.38. The minimum absolute atomic E-state index is 0.125. The van der Waals surface area contributed by atoms with Crippen LogP contribution in [0.1, 0.15) is 31.7 Å². The highest BCUT2D eigenvalue weighted by molar-refractivity contribution is 6.30. The summed E-state index contributed by atoms with van der Waals surface area (Å²) in [5.74, 6) is 0. The van der Waals surface area contributed by atoms with E-state index in [2.05, 4.69) is 9.97 Å². The highest BCUT2D eigenvalue weighted by Crippen LogP contribution is 2.40. The van der Waals surface area contributed by atoms with Gasteiger partial charge >= 0.3 is 17.2 Å². The molecular weight excluding hydrogens is 336 g/mol. The van der Waals surface area contributed by atoms with Gasteiger partial charge in [-0.25, -0.2) is 9.78 Å². The van der Waals surface area contributed by atoms with Gasteiger partial charge in [0.15, 0.2) is 5.65 Å². The summed E-state index contributed by atoms with van der Waals surface area (Å²) >= 11 is 5.92. The van der Waals surface area contributed by atoms with Crippen molar-refractivity contribution in [1.82, 2.24) is 19.4 Å². The number of carboxylic acid groups (broad SMARTS) is 1. The first-order valence-corrected chi connectivity index (χ1v) is 8.15. The molecule has 4 heterocycles. The number of fused-ring (bicyclic) bond motifs is 3. The fraction of sp³-hybridized carbons (Fsp3) is 0.467. The highest BCUT2D eigenvalue weighted by Gasteiger charge is 2.44. The van der Waals surface area contributed by atoms with Crippen LogP contribution >= 0.6 is 11.6 Å². The lowest BCUT2D eigenvalue weighted by Crippen LogP contribution is -2.49. The molecule has 8 nitrogen and oxygen atoms in total. The summed E-state index contributed by atoms with van der Waals surface area (Å²) in [5.41, 5.74) is -0.609. The van der Waals surface area contributed by atoms with Crippen molar-refractivity contribution in [1.29, 1.82) is 0 Å². The molecule has 0 radical (unpaired) electrons. The Bertz CT molecular complexity index is 939. The molecule has 9 heteroatoms. The molecule has 2 aromatic heterocycles. The molecular formula is C15H15ClN4O4. The monoisotopic (exact) mass is 350 g/mol.